The van der Waals surface area contributed by atoms with Crippen LogP contribution in [0.1, 0.15) is 120 Å². The van der Waals surface area contributed by atoms with Gasteiger partial charge in [0.05, 0.1) is 39.2 Å². The third kappa shape index (κ3) is 10.4. The van der Waals surface area contributed by atoms with E-state index in [0.717, 1.165) is 154 Å². The largest absolute Gasteiger partial charge is 0.508 e. The Balaban J connectivity index is 0.606. The van der Waals surface area contributed by atoms with Crippen molar-refractivity contribution in [3.8, 4) is 33.5 Å². The highest BCUT2D eigenvalue weighted by Gasteiger charge is 2.52. The maximum absolute atomic E-state index is 17.4. The van der Waals surface area contributed by atoms with E-state index in [0.29, 0.717) is 47.3 Å². The van der Waals surface area contributed by atoms with Gasteiger partial charge in [-0.05, 0) is 137 Å². The number of benzene rings is 3. The maximum Gasteiger partial charge on any atom is 0.319 e. The number of rotatable bonds is 16. The Bertz CT molecular complexity index is 3680. The molecule has 7 aliphatic heterocycles. The average molecular weight is 1190 g/mol. The monoisotopic (exact) mass is 1190 g/mol. The van der Waals surface area contributed by atoms with E-state index in [4.69, 9.17) is 24.2 Å². The van der Waals surface area contributed by atoms with Crippen molar-refractivity contribution in [3.63, 3.8) is 0 Å². The van der Waals surface area contributed by atoms with Crippen LogP contribution in [0.5, 0.6) is 11.8 Å². The van der Waals surface area contributed by atoms with E-state index in [1.54, 1.807) is 29.7 Å². The zero-order valence-electron chi connectivity index (χ0n) is 50.0. The number of amides is 2. The number of aromatic hydroxyl groups is 1. The zero-order valence-corrected chi connectivity index (χ0v) is 50.8. The second-order valence-corrected chi connectivity index (χ2v) is 27.3. The number of halogens is 1. The smallest absolute Gasteiger partial charge is 0.319 e. The molecule has 0 saturated carbocycles. The summed E-state index contributed by atoms with van der Waals surface area (Å²) in [4.78, 5) is 60.1. The molecular weight excluding hydrogens is 1110 g/mol. The molecule has 20 heteroatoms. The number of aryl methyl sites for hydroxylation is 2. The summed E-state index contributed by atoms with van der Waals surface area (Å²) in [5.74, 6) is 0.00398. The van der Waals surface area contributed by atoms with Crippen LogP contribution >= 0.6 is 11.3 Å². The van der Waals surface area contributed by atoms with Gasteiger partial charge in [-0.2, -0.15) is 9.97 Å². The standard InChI is InChI=1S/C66H79FN12O6S/c1-6-41-9-7-10-44-25-48(80)26-50(56(41)44)58-57(67)59-51(29-68-58)61(76-30-45-15-16-46(31-76)71-45)73-64(72-59)84-36-66-18-8-22-79(66)47(17-19-66)32-75-23-20-65(21-24-75)34-77(35-65)54-28-53(85-74-54)55(38(2)3)63(83)78-33-49(81)27-52(78)62(82)70-39(4)42-11-13-43(14-12-42)60-40(5)69-37-86-60/h7,9-14,25-26,28-29,37-39,45-47,49,52,55,71,80-81H,6,8,15-24,27,30-36H2,1-5H3,(H,70,82)/t39-,45?,46?,47-,49+,52-,55+,66-/m0/s1. The van der Waals surface area contributed by atoms with Crippen molar-refractivity contribution < 1.29 is 33.5 Å². The minimum absolute atomic E-state index is 0.0516. The van der Waals surface area contributed by atoms with Gasteiger partial charge in [-0.15, -0.1) is 11.3 Å². The number of thiazole rings is 1. The molecule has 2 bridgehead atoms. The Morgan fingerprint density at radius 1 is 0.942 bits per heavy atom. The molecule has 4 N–H and O–H groups in total. The topological polar surface area (TPSA) is 202 Å². The molecule has 8 atom stereocenters. The fraction of sp³-hybridized carbons (Fsp3) is 0.530. The molecule has 7 saturated heterocycles. The summed E-state index contributed by atoms with van der Waals surface area (Å²) in [6, 6.07) is 19.4. The van der Waals surface area contributed by atoms with E-state index < -0.39 is 23.9 Å². The van der Waals surface area contributed by atoms with Crippen LogP contribution in [-0.4, -0.2) is 163 Å². The van der Waals surface area contributed by atoms with Crippen molar-refractivity contribution in [3.05, 3.63) is 101 Å². The first kappa shape index (κ1) is 56.9. The molecule has 7 aliphatic rings. The van der Waals surface area contributed by atoms with Crippen LogP contribution in [0.15, 0.2) is 76.9 Å². The number of phenolic OH excluding ortho intramolecular Hbond substituents is 1. The van der Waals surface area contributed by atoms with Gasteiger partial charge in [0.15, 0.2) is 17.4 Å². The molecule has 11 heterocycles. The van der Waals surface area contributed by atoms with Crippen LogP contribution in [0, 0.1) is 24.1 Å². The van der Waals surface area contributed by atoms with E-state index in [2.05, 4.69) is 47.3 Å². The van der Waals surface area contributed by atoms with Gasteiger partial charge in [-0.25, -0.2) is 9.37 Å². The molecule has 86 heavy (non-hydrogen) atoms. The lowest BCUT2D eigenvalue weighted by Crippen LogP contribution is -2.61. The Morgan fingerprint density at radius 3 is 2.48 bits per heavy atom. The van der Waals surface area contributed by atoms with Crippen LogP contribution in [0.3, 0.4) is 0 Å². The van der Waals surface area contributed by atoms with Gasteiger partial charge >= 0.3 is 6.01 Å². The number of ether oxygens (including phenoxy) is 1. The SMILES string of the molecule is CCc1cccc2cc(O)cc(-c3ncc4c(N5CC6CCC(C5)N6)nc(OC[C@@]56CCCN5[C@H](CN5CCC7(CC5)CN(c5cc([C@H](C(=O)N8C[C@H](O)C[C@H]8C(=O)N[C@@H](C)c8ccc(-c9scnc9C)cc8)C(C)C)on5)C7)CC6)nc4c3F)c12. The minimum atomic E-state index is -0.816. The second-order valence-electron chi connectivity index (χ2n) is 26.4. The van der Waals surface area contributed by atoms with Crippen LogP contribution in [0.4, 0.5) is 16.0 Å². The van der Waals surface area contributed by atoms with Crippen LogP contribution < -0.4 is 25.2 Å². The van der Waals surface area contributed by atoms with Crippen LogP contribution in [-0.2, 0) is 16.0 Å². The summed E-state index contributed by atoms with van der Waals surface area (Å²) < 4.78 is 30.2. The maximum atomic E-state index is 17.4. The quantitative estimate of drug-likeness (QED) is 0.0713. The summed E-state index contributed by atoms with van der Waals surface area (Å²) in [6.07, 6.45) is 10.4. The number of β-amino-alcohol motifs (C(OH)–C–C–N with tert-alkyl or cyclic N) is 1. The van der Waals surface area contributed by atoms with E-state index in [1.165, 1.54) is 4.90 Å². The molecule has 3 aromatic carbocycles. The summed E-state index contributed by atoms with van der Waals surface area (Å²) in [5.41, 5.74) is 6.78. The van der Waals surface area contributed by atoms with Crippen molar-refractivity contribution in [1.29, 1.82) is 0 Å². The fourth-order valence-electron chi connectivity index (χ4n) is 15.9. The molecule has 4 aromatic heterocycles. The summed E-state index contributed by atoms with van der Waals surface area (Å²) >= 11 is 1.60. The van der Waals surface area contributed by atoms with Gasteiger partial charge in [-0.1, -0.05) is 68.4 Å². The van der Waals surface area contributed by atoms with Crippen molar-refractivity contribution in [2.45, 2.75) is 147 Å². The van der Waals surface area contributed by atoms with Crippen LogP contribution in [0.2, 0.25) is 0 Å². The third-order valence-corrected chi connectivity index (χ3v) is 21.5. The Kier molecular flexibility index (Phi) is 15.0. The normalized spacial score (nSPS) is 25.4. The van der Waals surface area contributed by atoms with Crippen molar-refractivity contribution in [2.75, 3.05) is 75.3 Å². The molecule has 7 fully saturated rings. The number of aromatic nitrogens is 5. The number of carbonyl (C=O) groups excluding carboxylic acids is 2. The number of phenols is 1. The highest BCUT2D eigenvalue weighted by Crippen LogP contribution is 2.47. The second kappa shape index (κ2) is 22.7. The van der Waals surface area contributed by atoms with Crippen molar-refractivity contribution in [2.24, 2.45) is 11.3 Å². The number of piperidine rings is 1. The highest BCUT2D eigenvalue weighted by atomic mass is 32.1. The third-order valence-electron chi connectivity index (χ3n) is 20.5. The molecule has 2 amide bonds. The molecular formula is C66H79FN12O6S. The first-order chi connectivity index (χ1) is 41.6. The Hall–Kier alpha value is -6.84. The number of nitrogens with one attached hydrogen (secondary N) is 2. The summed E-state index contributed by atoms with van der Waals surface area (Å²) in [6.45, 7) is 17.8. The number of nitrogens with zero attached hydrogens (tertiary/aromatic N) is 10. The average Bonchev–Trinajstić information content (AvgIpc) is 1.33. The first-order valence-corrected chi connectivity index (χ1v) is 32.2. The Labute approximate surface area is 505 Å². The molecule has 0 radical (unpaired) electrons. The van der Waals surface area contributed by atoms with Gasteiger partial charge in [-0.3, -0.25) is 19.5 Å². The predicted molar refractivity (Wildman–Crippen MR) is 330 cm³/mol. The number of carbonyl (C=O) groups is 2. The number of likely N-dealkylation sites (tertiary alicyclic amines) is 2. The van der Waals surface area contributed by atoms with E-state index in [9.17, 15) is 19.8 Å². The summed E-state index contributed by atoms with van der Waals surface area (Å²) in [7, 11) is 0. The van der Waals surface area contributed by atoms with Gasteiger partial charge < -0.3 is 49.7 Å². The van der Waals surface area contributed by atoms with E-state index in [-0.39, 0.29) is 70.7 Å². The highest BCUT2D eigenvalue weighted by molar-refractivity contribution is 7.13. The Morgan fingerprint density at radius 2 is 1.73 bits per heavy atom. The molecule has 2 unspecified atom stereocenters. The number of hydrogen-bond donors (Lipinski definition) is 4. The number of hydrogen-bond acceptors (Lipinski definition) is 17. The molecule has 1 spiro atoms. The van der Waals surface area contributed by atoms with Crippen LogP contribution in [0.25, 0.3) is 43.4 Å². The zero-order chi connectivity index (χ0) is 59.2. The van der Waals surface area contributed by atoms with E-state index in [1.807, 2.05) is 81.7 Å². The van der Waals surface area contributed by atoms with Crippen molar-refractivity contribution >= 4 is 56.5 Å². The number of aliphatic hydroxyl groups excluding tert-OH is 1. The molecule has 0 aliphatic carbocycles. The van der Waals surface area contributed by atoms with Crippen molar-refractivity contribution in [1.82, 2.24) is 50.4 Å². The van der Waals surface area contributed by atoms with Gasteiger partial charge in [0.25, 0.3) is 0 Å². The number of fused-ring (bicyclic) bond motifs is 5. The number of anilines is 2. The van der Waals surface area contributed by atoms with Gasteiger partial charge in [0.1, 0.15) is 41.3 Å². The lowest BCUT2D eigenvalue weighted by atomic mass is 9.72. The van der Waals surface area contributed by atoms with Gasteiger partial charge in [0.2, 0.25) is 11.8 Å². The minimum Gasteiger partial charge on any atom is -0.508 e. The first-order valence-electron chi connectivity index (χ1n) is 31.4. The lowest BCUT2D eigenvalue weighted by Gasteiger charge is -2.54. The number of piperazine rings is 1. The molecule has 14 rings (SSSR count). The predicted octanol–water partition coefficient (Wildman–Crippen LogP) is 9.17. The molecule has 452 valence electrons. The van der Waals surface area contributed by atoms with Gasteiger partial charge in [0, 0.05) is 87.1 Å². The summed E-state index contributed by atoms with van der Waals surface area (Å²) in [5, 5.41) is 35.4. The number of aliphatic hydroxyl groups is 1. The number of pyridine rings is 1. The molecule has 7 aromatic rings. The molecule has 18 nitrogen and oxygen atoms in total. The fourth-order valence-corrected chi connectivity index (χ4v) is 16.7. The van der Waals surface area contributed by atoms with E-state index >= 15 is 4.39 Å². The lowest BCUT2D eigenvalue weighted by molar-refractivity contribution is -0.141.